The molecule has 2 atom stereocenters. The van der Waals surface area contributed by atoms with Gasteiger partial charge in [-0.05, 0) is 36.1 Å². The fourth-order valence-corrected chi connectivity index (χ4v) is 2.47. The maximum Gasteiger partial charge on any atom is 0.0465 e. The maximum atomic E-state index is 6.18. The van der Waals surface area contributed by atoms with E-state index in [-0.39, 0.29) is 6.04 Å². The molecule has 1 rings (SSSR count). The number of hydrogen-bond donors (Lipinski definition) is 1. The number of benzene rings is 1. The lowest BCUT2D eigenvalue weighted by atomic mass is 9.93. The lowest BCUT2D eigenvalue weighted by molar-refractivity contribution is 0.174. The Morgan fingerprint density at radius 1 is 1.44 bits per heavy atom. The molecule has 0 aliphatic heterocycles. The maximum absolute atomic E-state index is 6.18. The second-order valence-electron chi connectivity index (χ2n) is 3.99. The predicted molar refractivity (Wildman–Crippen MR) is 71.7 cm³/mol. The van der Waals surface area contributed by atoms with Crippen molar-refractivity contribution in [1.29, 1.82) is 0 Å². The van der Waals surface area contributed by atoms with Gasteiger partial charge >= 0.3 is 0 Å². The van der Waals surface area contributed by atoms with Gasteiger partial charge in [0.25, 0.3) is 0 Å². The van der Waals surface area contributed by atoms with E-state index in [4.69, 9.17) is 22.1 Å². The predicted octanol–water partition coefficient (Wildman–Crippen LogP) is 3.77. The van der Waals surface area contributed by atoms with Crippen LogP contribution in [-0.4, -0.2) is 13.7 Å². The van der Waals surface area contributed by atoms with E-state index in [0.29, 0.717) is 10.9 Å². The van der Waals surface area contributed by atoms with Crippen LogP contribution < -0.4 is 5.73 Å². The standard InChI is InChI=1S/C12H17BrClNO/c1-8(3-4-16-2)12(15)9-5-10(13)7-11(14)6-9/h5-8,12H,3-4,15H2,1-2H3. The highest BCUT2D eigenvalue weighted by molar-refractivity contribution is 9.10. The molecule has 1 aromatic rings. The Morgan fingerprint density at radius 2 is 2.12 bits per heavy atom. The van der Waals surface area contributed by atoms with Crippen LogP contribution in [0.2, 0.25) is 5.02 Å². The van der Waals surface area contributed by atoms with E-state index in [2.05, 4.69) is 22.9 Å². The van der Waals surface area contributed by atoms with Crippen molar-refractivity contribution >= 4 is 27.5 Å². The molecule has 0 bridgehead atoms. The Hall–Kier alpha value is -0.0900. The van der Waals surface area contributed by atoms with Gasteiger partial charge in [-0.3, -0.25) is 0 Å². The van der Waals surface area contributed by atoms with E-state index < -0.39 is 0 Å². The number of halogens is 2. The molecule has 90 valence electrons. The number of hydrogen-bond acceptors (Lipinski definition) is 2. The number of nitrogens with two attached hydrogens (primary N) is 1. The van der Waals surface area contributed by atoms with Gasteiger partial charge < -0.3 is 10.5 Å². The van der Waals surface area contributed by atoms with Crippen molar-refractivity contribution in [2.45, 2.75) is 19.4 Å². The molecule has 2 unspecified atom stereocenters. The molecule has 0 amide bonds. The average Bonchev–Trinajstić information content (AvgIpc) is 2.23. The quantitative estimate of drug-likeness (QED) is 0.898. The van der Waals surface area contributed by atoms with E-state index in [1.165, 1.54) is 0 Å². The molecular weight excluding hydrogens is 289 g/mol. The molecule has 0 heterocycles. The van der Waals surface area contributed by atoms with E-state index in [1.807, 2.05) is 18.2 Å². The molecule has 4 heteroatoms. The topological polar surface area (TPSA) is 35.2 Å². The molecule has 0 aliphatic rings. The Bertz CT molecular complexity index is 326. The van der Waals surface area contributed by atoms with Crippen LogP contribution in [0.4, 0.5) is 0 Å². The van der Waals surface area contributed by atoms with Gasteiger partial charge in [-0.25, -0.2) is 0 Å². The number of rotatable bonds is 5. The smallest absolute Gasteiger partial charge is 0.0465 e. The minimum absolute atomic E-state index is 0.00912. The molecule has 1 aromatic carbocycles. The van der Waals surface area contributed by atoms with Gasteiger partial charge in [-0.15, -0.1) is 0 Å². The van der Waals surface area contributed by atoms with Gasteiger partial charge in [0.2, 0.25) is 0 Å². The highest BCUT2D eigenvalue weighted by Crippen LogP contribution is 2.27. The van der Waals surface area contributed by atoms with Gasteiger partial charge in [-0.2, -0.15) is 0 Å². The summed E-state index contributed by atoms with van der Waals surface area (Å²) >= 11 is 9.41. The lowest BCUT2D eigenvalue weighted by Gasteiger charge is -2.20. The van der Waals surface area contributed by atoms with Gasteiger partial charge in [0.1, 0.15) is 0 Å². The summed E-state index contributed by atoms with van der Waals surface area (Å²) in [5, 5.41) is 0.707. The summed E-state index contributed by atoms with van der Waals surface area (Å²) in [7, 11) is 1.70. The molecule has 0 aliphatic carbocycles. The largest absolute Gasteiger partial charge is 0.385 e. The molecule has 2 nitrogen and oxygen atoms in total. The molecule has 2 N–H and O–H groups in total. The Kier molecular flexibility index (Phi) is 5.76. The second-order valence-corrected chi connectivity index (χ2v) is 5.34. The van der Waals surface area contributed by atoms with Crippen molar-refractivity contribution in [1.82, 2.24) is 0 Å². The van der Waals surface area contributed by atoms with Crippen LogP contribution in [0.3, 0.4) is 0 Å². The molecule has 0 radical (unpaired) electrons. The van der Waals surface area contributed by atoms with E-state index in [9.17, 15) is 0 Å². The van der Waals surface area contributed by atoms with Gasteiger partial charge in [0.05, 0.1) is 0 Å². The first-order valence-corrected chi connectivity index (χ1v) is 6.42. The Balaban J connectivity index is 2.74. The summed E-state index contributed by atoms with van der Waals surface area (Å²) in [4.78, 5) is 0. The zero-order chi connectivity index (χ0) is 12.1. The number of ether oxygens (including phenoxy) is 1. The summed E-state index contributed by atoms with van der Waals surface area (Å²) in [6, 6.07) is 5.78. The molecule has 16 heavy (non-hydrogen) atoms. The highest BCUT2D eigenvalue weighted by atomic mass is 79.9. The normalized spacial score (nSPS) is 14.8. The zero-order valence-electron chi connectivity index (χ0n) is 9.54. The highest BCUT2D eigenvalue weighted by Gasteiger charge is 2.15. The summed E-state index contributed by atoms with van der Waals surface area (Å²) < 4.78 is 6.02. The fourth-order valence-electron chi connectivity index (χ4n) is 1.58. The summed E-state index contributed by atoms with van der Waals surface area (Å²) in [5.41, 5.74) is 7.24. The molecule has 0 saturated carbocycles. The van der Waals surface area contributed by atoms with Crippen LogP contribution >= 0.6 is 27.5 Å². The summed E-state index contributed by atoms with van der Waals surface area (Å²) in [5.74, 6) is 0.366. The molecule has 0 fully saturated rings. The average molecular weight is 307 g/mol. The minimum atomic E-state index is -0.00912. The van der Waals surface area contributed by atoms with Gasteiger partial charge in [0.15, 0.2) is 0 Å². The van der Waals surface area contributed by atoms with Crippen LogP contribution in [0.1, 0.15) is 24.9 Å². The lowest BCUT2D eigenvalue weighted by Crippen LogP contribution is -2.20. The van der Waals surface area contributed by atoms with Crippen molar-refractivity contribution in [3.8, 4) is 0 Å². The molecular formula is C12H17BrClNO. The Labute approximate surface area is 110 Å². The summed E-state index contributed by atoms with van der Waals surface area (Å²) in [6.07, 6.45) is 0.946. The third-order valence-electron chi connectivity index (χ3n) is 2.66. The van der Waals surface area contributed by atoms with E-state index in [0.717, 1.165) is 23.1 Å². The van der Waals surface area contributed by atoms with Gasteiger partial charge in [-0.1, -0.05) is 34.5 Å². The van der Waals surface area contributed by atoms with Crippen molar-refractivity contribution in [2.75, 3.05) is 13.7 Å². The van der Waals surface area contributed by atoms with E-state index >= 15 is 0 Å². The first-order chi connectivity index (χ1) is 7.54. The Morgan fingerprint density at radius 3 is 2.69 bits per heavy atom. The first-order valence-electron chi connectivity index (χ1n) is 5.25. The fraction of sp³-hybridized carbons (Fsp3) is 0.500. The minimum Gasteiger partial charge on any atom is -0.385 e. The van der Waals surface area contributed by atoms with Crippen LogP contribution in [0, 0.1) is 5.92 Å². The van der Waals surface area contributed by atoms with Crippen molar-refractivity contribution in [3.63, 3.8) is 0 Å². The monoisotopic (exact) mass is 305 g/mol. The van der Waals surface area contributed by atoms with Crippen molar-refractivity contribution in [3.05, 3.63) is 33.3 Å². The SMILES string of the molecule is COCCC(C)C(N)c1cc(Cl)cc(Br)c1. The molecule has 0 spiro atoms. The third-order valence-corrected chi connectivity index (χ3v) is 3.34. The van der Waals surface area contributed by atoms with Crippen molar-refractivity contribution < 1.29 is 4.74 Å². The molecule has 0 saturated heterocycles. The van der Waals surface area contributed by atoms with Gasteiger partial charge in [0, 0.05) is 29.3 Å². The van der Waals surface area contributed by atoms with Crippen molar-refractivity contribution in [2.24, 2.45) is 11.7 Å². The number of methoxy groups -OCH3 is 1. The van der Waals surface area contributed by atoms with Crippen LogP contribution in [0.25, 0.3) is 0 Å². The van der Waals surface area contributed by atoms with Crippen LogP contribution in [0.15, 0.2) is 22.7 Å². The second kappa shape index (κ2) is 6.60. The van der Waals surface area contributed by atoms with E-state index in [1.54, 1.807) is 7.11 Å². The zero-order valence-corrected chi connectivity index (χ0v) is 11.9. The first kappa shape index (κ1) is 14.0. The third kappa shape index (κ3) is 4.06. The summed E-state index contributed by atoms with van der Waals surface area (Å²) in [6.45, 7) is 2.86. The van der Waals surface area contributed by atoms with Crippen LogP contribution in [-0.2, 0) is 4.74 Å². The van der Waals surface area contributed by atoms with Crippen LogP contribution in [0.5, 0.6) is 0 Å². The molecule has 0 aromatic heterocycles.